The van der Waals surface area contributed by atoms with Gasteiger partial charge < -0.3 is 5.32 Å². The molecule has 1 heterocycles. The number of benzene rings is 2. The van der Waals surface area contributed by atoms with Crippen LogP contribution in [0.5, 0.6) is 0 Å². The third-order valence-corrected chi connectivity index (χ3v) is 3.61. The Balaban J connectivity index is 1.92. The van der Waals surface area contributed by atoms with E-state index in [0.717, 1.165) is 22.7 Å². The molecular formula is C20H20N4O2. The molecule has 1 aliphatic rings. The fourth-order valence-corrected chi connectivity index (χ4v) is 2.51. The molecule has 0 bridgehead atoms. The first-order valence-electron chi connectivity index (χ1n) is 8.29. The molecule has 0 unspecified atom stereocenters. The third kappa shape index (κ3) is 4.22. The van der Waals surface area contributed by atoms with Crippen LogP contribution in [0.2, 0.25) is 0 Å². The molecule has 2 aromatic carbocycles. The lowest BCUT2D eigenvalue weighted by atomic mass is 10.1. The second-order valence-electron chi connectivity index (χ2n) is 6.95. The van der Waals surface area contributed by atoms with E-state index in [-0.39, 0.29) is 11.2 Å². The summed E-state index contributed by atoms with van der Waals surface area (Å²) in [4.78, 5) is 19.8. The van der Waals surface area contributed by atoms with Gasteiger partial charge in [-0.15, -0.1) is 0 Å². The van der Waals surface area contributed by atoms with Crippen molar-refractivity contribution in [2.24, 2.45) is 9.98 Å². The highest BCUT2D eigenvalue weighted by molar-refractivity contribution is 6.53. The molecule has 0 radical (unpaired) electrons. The van der Waals surface area contributed by atoms with Crippen LogP contribution < -0.4 is 5.32 Å². The van der Waals surface area contributed by atoms with E-state index in [1.54, 1.807) is 12.1 Å². The van der Waals surface area contributed by atoms with Gasteiger partial charge in [-0.3, -0.25) is 15.1 Å². The number of rotatable bonds is 3. The van der Waals surface area contributed by atoms with Crippen LogP contribution in [0.1, 0.15) is 26.3 Å². The number of nitro groups is 1. The molecule has 3 rings (SSSR count). The summed E-state index contributed by atoms with van der Waals surface area (Å²) in [7, 11) is 0. The summed E-state index contributed by atoms with van der Waals surface area (Å²) in [6.07, 6.45) is 1.95. The molecule has 0 saturated carbocycles. The Kier molecular flexibility index (Phi) is 4.67. The van der Waals surface area contributed by atoms with Crippen LogP contribution in [0.15, 0.2) is 70.7 Å². The van der Waals surface area contributed by atoms with Crippen LogP contribution in [0.4, 0.5) is 11.4 Å². The maximum atomic E-state index is 10.8. The van der Waals surface area contributed by atoms with Crippen LogP contribution in [-0.2, 0) is 0 Å². The van der Waals surface area contributed by atoms with E-state index in [4.69, 9.17) is 4.99 Å². The van der Waals surface area contributed by atoms with E-state index in [2.05, 4.69) is 10.3 Å². The van der Waals surface area contributed by atoms with Crippen LogP contribution >= 0.6 is 0 Å². The molecule has 0 atom stereocenters. The van der Waals surface area contributed by atoms with E-state index in [9.17, 15) is 10.1 Å². The van der Waals surface area contributed by atoms with Crippen LogP contribution in [0.3, 0.4) is 0 Å². The number of nitrogens with one attached hydrogen (secondary N) is 1. The van der Waals surface area contributed by atoms with Gasteiger partial charge >= 0.3 is 0 Å². The molecule has 2 aromatic rings. The third-order valence-electron chi connectivity index (χ3n) is 3.61. The Hall–Kier alpha value is -3.28. The van der Waals surface area contributed by atoms with E-state index < -0.39 is 4.92 Å². The summed E-state index contributed by atoms with van der Waals surface area (Å²) in [6, 6.07) is 16.1. The minimum absolute atomic E-state index is 0.0515. The summed E-state index contributed by atoms with van der Waals surface area (Å²) < 4.78 is 0. The largest absolute Gasteiger partial charge is 0.338 e. The Morgan fingerprint density at radius 3 is 2.27 bits per heavy atom. The Morgan fingerprint density at radius 1 is 1.04 bits per heavy atom. The summed E-state index contributed by atoms with van der Waals surface area (Å²) in [5.41, 5.74) is 3.12. The fraction of sp³-hybridized carbons (Fsp3) is 0.200. The lowest BCUT2D eigenvalue weighted by Gasteiger charge is -2.14. The van der Waals surface area contributed by atoms with E-state index in [1.165, 1.54) is 12.1 Å². The fourth-order valence-electron chi connectivity index (χ4n) is 2.51. The van der Waals surface area contributed by atoms with Crippen molar-refractivity contribution in [3.63, 3.8) is 0 Å². The first kappa shape index (κ1) is 17.5. The van der Waals surface area contributed by atoms with Gasteiger partial charge in [-0.25, -0.2) is 4.99 Å². The predicted molar refractivity (Wildman–Crippen MR) is 106 cm³/mol. The number of hydrogen-bond donors (Lipinski definition) is 1. The number of non-ortho nitro benzene ring substituents is 1. The van der Waals surface area contributed by atoms with Crippen molar-refractivity contribution in [3.8, 4) is 0 Å². The quantitative estimate of drug-likeness (QED) is 0.645. The van der Waals surface area contributed by atoms with Gasteiger partial charge in [0.25, 0.3) is 5.69 Å². The van der Waals surface area contributed by atoms with Gasteiger partial charge in [0, 0.05) is 23.4 Å². The minimum atomic E-state index is -0.418. The average molecular weight is 348 g/mol. The predicted octanol–water partition coefficient (Wildman–Crippen LogP) is 4.70. The SMILES string of the molecule is CC(C)(C)N=C1C=C(c2ccccc2)N=C1Nc1ccc([N+](=O)[O-])cc1. The first-order valence-corrected chi connectivity index (χ1v) is 8.29. The van der Waals surface area contributed by atoms with Gasteiger partial charge in [0.1, 0.15) is 5.71 Å². The van der Waals surface area contributed by atoms with E-state index in [0.29, 0.717) is 5.84 Å². The molecule has 1 N–H and O–H groups in total. The number of nitro benzene ring substituents is 1. The number of nitrogens with zero attached hydrogens (tertiary/aromatic N) is 3. The lowest BCUT2D eigenvalue weighted by molar-refractivity contribution is -0.384. The minimum Gasteiger partial charge on any atom is -0.338 e. The zero-order valence-electron chi connectivity index (χ0n) is 14.9. The summed E-state index contributed by atoms with van der Waals surface area (Å²) >= 11 is 0. The van der Waals surface area contributed by atoms with Gasteiger partial charge in [0.15, 0.2) is 5.84 Å². The molecule has 26 heavy (non-hydrogen) atoms. The highest BCUT2D eigenvalue weighted by Gasteiger charge is 2.20. The second kappa shape index (κ2) is 6.92. The van der Waals surface area contributed by atoms with Crippen molar-refractivity contribution in [3.05, 3.63) is 76.4 Å². The number of aliphatic imine (C=N–C) groups is 2. The van der Waals surface area contributed by atoms with Gasteiger partial charge in [-0.1, -0.05) is 30.3 Å². The van der Waals surface area contributed by atoms with Gasteiger partial charge in [-0.2, -0.15) is 0 Å². The Labute approximate surface area is 152 Å². The molecule has 0 spiro atoms. The summed E-state index contributed by atoms with van der Waals surface area (Å²) in [5.74, 6) is 0.632. The molecule has 0 aromatic heterocycles. The Bertz CT molecular complexity index is 905. The maximum Gasteiger partial charge on any atom is 0.269 e. The summed E-state index contributed by atoms with van der Waals surface area (Å²) in [6.45, 7) is 6.08. The molecule has 0 fully saturated rings. The number of anilines is 1. The smallest absolute Gasteiger partial charge is 0.269 e. The molecule has 6 heteroatoms. The average Bonchev–Trinajstić information content (AvgIpc) is 2.97. The van der Waals surface area contributed by atoms with Crippen molar-refractivity contribution < 1.29 is 4.92 Å². The first-order chi connectivity index (χ1) is 12.3. The normalized spacial score (nSPS) is 15.6. The van der Waals surface area contributed by atoms with Gasteiger partial charge in [0.2, 0.25) is 0 Å². The highest BCUT2D eigenvalue weighted by atomic mass is 16.6. The summed E-state index contributed by atoms with van der Waals surface area (Å²) in [5, 5.41) is 14.0. The van der Waals surface area contributed by atoms with Crippen molar-refractivity contribution >= 4 is 28.6 Å². The molecule has 0 amide bonds. The van der Waals surface area contributed by atoms with Crippen molar-refractivity contribution in [2.75, 3.05) is 5.32 Å². The van der Waals surface area contributed by atoms with E-state index >= 15 is 0 Å². The molecule has 6 nitrogen and oxygen atoms in total. The molecule has 0 saturated heterocycles. The molecule has 132 valence electrons. The van der Waals surface area contributed by atoms with Gasteiger partial charge in [-0.05, 0) is 39.0 Å². The standard InChI is InChI=1S/C20H20N4O2/c1-20(2,3)23-18-13-17(14-7-5-4-6-8-14)22-19(18)21-15-9-11-16(12-10-15)24(25)26/h4-13H,1-3H3,(H,21,22,23). The highest BCUT2D eigenvalue weighted by Crippen LogP contribution is 2.24. The Morgan fingerprint density at radius 2 is 1.69 bits per heavy atom. The molecule has 1 aliphatic heterocycles. The lowest BCUT2D eigenvalue weighted by Crippen LogP contribution is -2.23. The number of amidine groups is 1. The van der Waals surface area contributed by atoms with Crippen LogP contribution in [0.25, 0.3) is 5.70 Å². The van der Waals surface area contributed by atoms with E-state index in [1.807, 2.05) is 57.2 Å². The van der Waals surface area contributed by atoms with Crippen molar-refractivity contribution in [1.29, 1.82) is 0 Å². The van der Waals surface area contributed by atoms with Crippen molar-refractivity contribution in [2.45, 2.75) is 26.3 Å². The zero-order chi connectivity index (χ0) is 18.7. The number of hydrogen-bond acceptors (Lipinski definition) is 5. The second-order valence-corrected chi connectivity index (χ2v) is 6.95. The topological polar surface area (TPSA) is 79.9 Å². The van der Waals surface area contributed by atoms with Gasteiger partial charge in [0.05, 0.1) is 16.2 Å². The molecular weight excluding hydrogens is 328 g/mol. The van der Waals surface area contributed by atoms with Crippen LogP contribution in [0, 0.1) is 10.1 Å². The zero-order valence-corrected chi connectivity index (χ0v) is 14.9. The molecule has 0 aliphatic carbocycles. The van der Waals surface area contributed by atoms with Crippen molar-refractivity contribution in [1.82, 2.24) is 0 Å². The maximum absolute atomic E-state index is 10.8. The van der Waals surface area contributed by atoms with Crippen LogP contribution in [-0.4, -0.2) is 22.0 Å². The monoisotopic (exact) mass is 348 g/mol.